The van der Waals surface area contributed by atoms with Crippen LogP contribution in [0.25, 0.3) is 0 Å². The Morgan fingerprint density at radius 2 is 2.00 bits per heavy atom. The van der Waals surface area contributed by atoms with Crippen LogP contribution in [-0.4, -0.2) is 19.2 Å². The first-order valence-electron chi connectivity index (χ1n) is 6.24. The van der Waals surface area contributed by atoms with E-state index < -0.39 is 0 Å². The minimum absolute atomic E-state index is 0.186. The smallest absolute Gasteiger partial charge is 0.128 e. The van der Waals surface area contributed by atoms with Crippen LogP contribution in [0.4, 0.5) is 4.39 Å². The van der Waals surface area contributed by atoms with Gasteiger partial charge in [-0.05, 0) is 25.5 Å². The predicted molar refractivity (Wildman–Crippen MR) is 68.4 cm³/mol. The zero-order chi connectivity index (χ0) is 12.5. The average molecular weight is 239 g/mol. The van der Waals surface area contributed by atoms with Crippen LogP contribution in [0.1, 0.15) is 32.3 Å². The third kappa shape index (κ3) is 6.39. The zero-order valence-electron chi connectivity index (χ0n) is 10.7. The molecule has 0 unspecified atom stereocenters. The summed E-state index contributed by atoms with van der Waals surface area (Å²) >= 11 is 0. The minimum Gasteiger partial charge on any atom is -0.377 e. The van der Waals surface area contributed by atoms with Crippen molar-refractivity contribution in [2.45, 2.75) is 39.3 Å². The second kappa shape index (κ2) is 8.20. The van der Waals surface area contributed by atoms with E-state index in [2.05, 4.69) is 19.2 Å². The van der Waals surface area contributed by atoms with E-state index in [1.807, 2.05) is 6.07 Å². The third-order valence-corrected chi connectivity index (χ3v) is 2.48. The summed E-state index contributed by atoms with van der Waals surface area (Å²) in [6.07, 6.45) is 2.10. The van der Waals surface area contributed by atoms with E-state index in [0.29, 0.717) is 24.8 Å². The fourth-order valence-corrected chi connectivity index (χ4v) is 1.52. The molecular weight excluding hydrogens is 217 g/mol. The van der Waals surface area contributed by atoms with Gasteiger partial charge in [-0.2, -0.15) is 0 Å². The lowest BCUT2D eigenvalue weighted by Gasteiger charge is -2.08. The highest BCUT2D eigenvalue weighted by Gasteiger charge is 1.99. The lowest BCUT2D eigenvalue weighted by Crippen LogP contribution is -2.23. The first kappa shape index (κ1) is 14.1. The molecular formula is C14H22FNO. The molecule has 0 heterocycles. The zero-order valence-corrected chi connectivity index (χ0v) is 10.7. The fourth-order valence-electron chi connectivity index (χ4n) is 1.52. The molecule has 3 heteroatoms. The van der Waals surface area contributed by atoms with Crippen LogP contribution in [0.2, 0.25) is 0 Å². The quantitative estimate of drug-likeness (QED) is 0.704. The van der Waals surface area contributed by atoms with Crippen molar-refractivity contribution in [2.75, 3.05) is 13.2 Å². The van der Waals surface area contributed by atoms with Gasteiger partial charge in [-0.25, -0.2) is 4.39 Å². The summed E-state index contributed by atoms with van der Waals surface area (Å²) in [4.78, 5) is 0. The van der Waals surface area contributed by atoms with Gasteiger partial charge in [-0.3, -0.25) is 0 Å². The molecule has 0 bridgehead atoms. The number of halogens is 1. The Balaban J connectivity index is 2.03. The van der Waals surface area contributed by atoms with E-state index in [1.165, 1.54) is 6.07 Å². The predicted octanol–water partition coefficient (Wildman–Crippen LogP) is 3.12. The molecule has 0 aliphatic carbocycles. The molecule has 1 rings (SSSR count). The van der Waals surface area contributed by atoms with Crippen molar-refractivity contribution in [3.8, 4) is 0 Å². The van der Waals surface area contributed by atoms with Crippen molar-refractivity contribution in [1.82, 2.24) is 5.32 Å². The lowest BCUT2D eigenvalue weighted by atomic mass is 10.2. The monoisotopic (exact) mass is 239 g/mol. The van der Waals surface area contributed by atoms with Crippen molar-refractivity contribution in [1.29, 1.82) is 0 Å². The Morgan fingerprint density at radius 3 is 2.71 bits per heavy atom. The maximum atomic E-state index is 13.2. The van der Waals surface area contributed by atoms with Gasteiger partial charge in [0.2, 0.25) is 0 Å². The molecule has 2 nitrogen and oxygen atoms in total. The van der Waals surface area contributed by atoms with E-state index in [0.717, 1.165) is 19.4 Å². The van der Waals surface area contributed by atoms with Crippen LogP contribution in [0.3, 0.4) is 0 Å². The third-order valence-electron chi connectivity index (χ3n) is 2.48. The van der Waals surface area contributed by atoms with Crippen LogP contribution >= 0.6 is 0 Å². The molecule has 0 atom stereocenters. The summed E-state index contributed by atoms with van der Waals surface area (Å²) in [5, 5.41) is 3.35. The standard InChI is InChI=1S/C14H22FNO/c1-12(2)16-9-5-6-10-17-11-13-7-3-4-8-14(13)15/h3-4,7-8,12,16H,5-6,9-11H2,1-2H3. The molecule has 0 aliphatic rings. The van der Waals surface area contributed by atoms with Crippen molar-refractivity contribution >= 4 is 0 Å². The Bertz CT molecular complexity index is 315. The van der Waals surface area contributed by atoms with E-state index >= 15 is 0 Å². The SMILES string of the molecule is CC(C)NCCCCOCc1ccccc1F. The average Bonchev–Trinajstić information content (AvgIpc) is 2.30. The topological polar surface area (TPSA) is 21.3 Å². The number of ether oxygens (including phenoxy) is 1. The van der Waals surface area contributed by atoms with Crippen molar-refractivity contribution in [3.05, 3.63) is 35.6 Å². The molecule has 0 amide bonds. The molecule has 1 aromatic carbocycles. The Labute approximate surface area is 103 Å². The molecule has 1 N–H and O–H groups in total. The molecule has 0 fully saturated rings. The maximum Gasteiger partial charge on any atom is 0.128 e. The highest BCUT2D eigenvalue weighted by atomic mass is 19.1. The summed E-state index contributed by atoms with van der Waals surface area (Å²) in [6, 6.07) is 7.28. The van der Waals surface area contributed by atoms with Gasteiger partial charge in [-0.15, -0.1) is 0 Å². The molecule has 17 heavy (non-hydrogen) atoms. The molecule has 0 saturated carbocycles. The van der Waals surface area contributed by atoms with E-state index in [9.17, 15) is 4.39 Å². The van der Waals surface area contributed by atoms with Gasteiger partial charge in [0.05, 0.1) is 6.61 Å². The van der Waals surface area contributed by atoms with Crippen LogP contribution in [0.15, 0.2) is 24.3 Å². The summed E-state index contributed by atoms with van der Waals surface area (Å²) in [5.74, 6) is -0.186. The number of benzene rings is 1. The van der Waals surface area contributed by atoms with Crippen molar-refractivity contribution in [2.24, 2.45) is 0 Å². The van der Waals surface area contributed by atoms with Gasteiger partial charge in [0, 0.05) is 18.2 Å². The summed E-state index contributed by atoms with van der Waals surface area (Å²) in [5.41, 5.74) is 0.632. The first-order valence-corrected chi connectivity index (χ1v) is 6.24. The normalized spacial score (nSPS) is 11.1. The molecule has 96 valence electrons. The minimum atomic E-state index is -0.186. The number of hydrogen-bond acceptors (Lipinski definition) is 2. The van der Waals surface area contributed by atoms with Gasteiger partial charge in [-0.1, -0.05) is 32.0 Å². The van der Waals surface area contributed by atoms with Crippen molar-refractivity contribution in [3.63, 3.8) is 0 Å². The van der Waals surface area contributed by atoms with Crippen LogP contribution < -0.4 is 5.32 Å². The second-order valence-corrected chi connectivity index (χ2v) is 4.46. The van der Waals surface area contributed by atoms with E-state index in [1.54, 1.807) is 12.1 Å². The highest BCUT2D eigenvalue weighted by molar-refractivity contribution is 5.16. The van der Waals surface area contributed by atoms with Gasteiger partial charge in [0.1, 0.15) is 5.82 Å². The summed E-state index contributed by atoms with van der Waals surface area (Å²) < 4.78 is 18.7. The molecule has 0 aliphatic heterocycles. The van der Waals surface area contributed by atoms with Crippen molar-refractivity contribution < 1.29 is 9.13 Å². The van der Waals surface area contributed by atoms with Crippen LogP contribution in [0.5, 0.6) is 0 Å². The molecule has 0 saturated heterocycles. The van der Waals surface area contributed by atoms with Crippen LogP contribution in [-0.2, 0) is 11.3 Å². The van der Waals surface area contributed by atoms with Gasteiger partial charge in [0.15, 0.2) is 0 Å². The number of nitrogens with one attached hydrogen (secondary N) is 1. The number of unbranched alkanes of at least 4 members (excludes halogenated alkanes) is 1. The lowest BCUT2D eigenvalue weighted by molar-refractivity contribution is 0.115. The number of hydrogen-bond donors (Lipinski definition) is 1. The highest BCUT2D eigenvalue weighted by Crippen LogP contribution is 2.07. The Hall–Kier alpha value is -0.930. The van der Waals surface area contributed by atoms with Crippen LogP contribution in [0, 0.1) is 5.82 Å². The molecule has 0 spiro atoms. The summed E-state index contributed by atoms with van der Waals surface area (Å²) in [7, 11) is 0. The summed E-state index contributed by atoms with van der Waals surface area (Å²) in [6.45, 7) is 6.34. The molecule has 0 aromatic heterocycles. The van der Waals surface area contributed by atoms with E-state index in [4.69, 9.17) is 4.74 Å². The molecule has 1 aromatic rings. The maximum absolute atomic E-state index is 13.2. The van der Waals surface area contributed by atoms with Gasteiger partial charge < -0.3 is 10.1 Å². The second-order valence-electron chi connectivity index (χ2n) is 4.46. The van der Waals surface area contributed by atoms with Gasteiger partial charge >= 0.3 is 0 Å². The fraction of sp³-hybridized carbons (Fsp3) is 0.571. The van der Waals surface area contributed by atoms with Gasteiger partial charge in [0.25, 0.3) is 0 Å². The van der Waals surface area contributed by atoms with E-state index in [-0.39, 0.29) is 5.82 Å². The first-order chi connectivity index (χ1) is 8.20. The number of rotatable bonds is 8. The molecule has 0 radical (unpaired) electrons. The largest absolute Gasteiger partial charge is 0.377 e. The Kier molecular flexibility index (Phi) is 6.82. The Morgan fingerprint density at radius 1 is 1.24 bits per heavy atom.